The van der Waals surface area contributed by atoms with Crippen molar-refractivity contribution in [3.8, 4) is 0 Å². The van der Waals surface area contributed by atoms with Gasteiger partial charge in [0, 0.05) is 6.42 Å². The lowest BCUT2D eigenvalue weighted by molar-refractivity contribution is -0.110. The number of carbonyl (C=O) groups excluding carboxylic acids is 1. The van der Waals surface area contributed by atoms with Gasteiger partial charge in [0.25, 0.3) is 0 Å². The number of nitrogens with zero attached hydrogens (tertiary/aromatic N) is 1. The Morgan fingerprint density at radius 1 is 1.50 bits per heavy atom. The van der Waals surface area contributed by atoms with Crippen LogP contribution < -0.4 is 0 Å². The molecule has 1 fully saturated rings. The molecule has 0 bridgehead atoms. The molecule has 16 heavy (non-hydrogen) atoms. The van der Waals surface area contributed by atoms with Crippen LogP contribution in [0.4, 0.5) is 4.79 Å². The van der Waals surface area contributed by atoms with Crippen LogP contribution in [0.3, 0.4) is 0 Å². The number of amides is 1. The van der Waals surface area contributed by atoms with Crippen LogP contribution in [-0.4, -0.2) is 24.4 Å². The van der Waals surface area contributed by atoms with Crippen molar-refractivity contribution in [1.29, 1.82) is 0 Å². The molecule has 4 nitrogen and oxygen atoms in total. The van der Waals surface area contributed by atoms with Gasteiger partial charge in [0.05, 0.1) is 19.3 Å². The Kier molecular flexibility index (Phi) is 3.41. The molecule has 1 saturated heterocycles. The third kappa shape index (κ3) is 2.17. The molecular formula is C12H15NO3. The van der Waals surface area contributed by atoms with Crippen LogP contribution in [0.2, 0.25) is 0 Å². The molecule has 1 aromatic rings. The first-order valence-electron chi connectivity index (χ1n) is 5.46. The number of carbonyl (C=O) groups is 1. The maximum absolute atomic E-state index is 11.6. The van der Waals surface area contributed by atoms with E-state index in [-0.39, 0.29) is 6.04 Å². The molecule has 1 aliphatic heterocycles. The number of hydroxylamine groups is 2. The van der Waals surface area contributed by atoms with Crippen LogP contribution in [0.1, 0.15) is 24.9 Å². The van der Waals surface area contributed by atoms with E-state index in [9.17, 15) is 4.79 Å². The normalized spacial score (nSPS) is 19.8. The van der Waals surface area contributed by atoms with Gasteiger partial charge in [-0.3, -0.25) is 4.84 Å². The van der Waals surface area contributed by atoms with Gasteiger partial charge in [0.2, 0.25) is 0 Å². The SMILES string of the molecule is CCOC(=O)N1OCCC1c1ccccc1. The van der Waals surface area contributed by atoms with E-state index in [1.165, 1.54) is 5.06 Å². The van der Waals surface area contributed by atoms with Crippen molar-refractivity contribution in [3.05, 3.63) is 35.9 Å². The lowest BCUT2D eigenvalue weighted by Gasteiger charge is -2.21. The van der Waals surface area contributed by atoms with E-state index in [0.717, 1.165) is 12.0 Å². The van der Waals surface area contributed by atoms with E-state index >= 15 is 0 Å². The average Bonchev–Trinajstić information content (AvgIpc) is 2.79. The van der Waals surface area contributed by atoms with Gasteiger partial charge in [-0.25, -0.2) is 4.79 Å². The maximum Gasteiger partial charge on any atom is 0.434 e. The maximum atomic E-state index is 11.6. The first-order chi connectivity index (χ1) is 7.83. The third-order valence-electron chi connectivity index (χ3n) is 2.54. The molecule has 1 amide bonds. The molecule has 0 saturated carbocycles. The largest absolute Gasteiger partial charge is 0.448 e. The summed E-state index contributed by atoms with van der Waals surface area (Å²) in [6, 6.07) is 9.82. The Bertz CT molecular complexity index is 353. The van der Waals surface area contributed by atoms with Crippen LogP contribution in [0.25, 0.3) is 0 Å². The van der Waals surface area contributed by atoms with Crippen molar-refractivity contribution < 1.29 is 14.4 Å². The van der Waals surface area contributed by atoms with Crippen molar-refractivity contribution in [2.75, 3.05) is 13.2 Å². The van der Waals surface area contributed by atoms with Crippen molar-refractivity contribution in [2.24, 2.45) is 0 Å². The zero-order chi connectivity index (χ0) is 11.4. The van der Waals surface area contributed by atoms with Gasteiger partial charge in [0.1, 0.15) is 0 Å². The standard InChI is InChI=1S/C12H15NO3/c1-2-15-12(14)13-11(8-9-16-13)10-6-4-3-5-7-10/h3-7,11H,2,8-9H2,1H3. The van der Waals surface area contributed by atoms with Gasteiger partial charge in [-0.15, -0.1) is 0 Å². The average molecular weight is 221 g/mol. The number of rotatable bonds is 2. The highest BCUT2D eigenvalue weighted by Crippen LogP contribution is 2.30. The second-order valence-corrected chi connectivity index (χ2v) is 3.57. The molecule has 2 rings (SSSR count). The van der Waals surface area contributed by atoms with Gasteiger partial charge in [-0.05, 0) is 12.5 Å². The summed E-state index contributed by atoms with van der Waals surface area (Å²) in [5.74, 6) is 0. The number of hydrogen-bond acceptors (Lipinski definition) is 3. The first kappa shape index (κ1) is 11.0. The monoisotopic (exact) mass is 221 g/mol. The molecule has 0 aliphatic carbocycles. The number of benzene rings is 1. The van der Waals surface area contributed by atoms with E-state index in [0.29, 0.717) is 13.2 Å². The second-order valence-electron chi connectivity index (χ2n) is 3.57. The number of ether oxygens (including phenoxy) is 1. The molecule has 0 radical (unpaired) electrons. The summed E-state index contributed by atoms with van der Waals surface area (Å²) in [6.07, 6.45) is 0.400. The summed E-state index contributed by atoms with van der Waals surface area (Å²) in [5, 5.41) is 1.33. The summed E-state index contributed by atoms with van der Waals surface area (Å²) < 4.78 is 4.94. The van der Waals surface area contributed by atoms with Crippen molar-refractivity contribution in [3.63, 3.8) is 0 Å². The number of hydrogen-bond donors (Lipinski definition) is 0. The minimum absolute atomic E-state index is 0.0275. The lowest BCUT2D eigenvalue weighted by atomic mass is 10.1. The summed E-state index contributed by atoms with van der Waals surface area (Å²) in [5.41, 5.74) is 1.08. The van der Waals surface area contributed by atoms with Crippen LogP contribution in [-0.2, 0) is 9.57 Å². The van der Waals surface area contributed by atoms with Crippen molar-refractivity contribution in [1.82, 2.24) is 5.06 Å². The molecule has 1 heterocycles. The fourth-order valence-electron chi connectivity index (χ4n) is 1.81. The highest BCUT2D eigenvalue weighted by Gasteiger charge is 2.32. The molecule has 0 N–H and O–H groups in total. The Hall–Kier alpha value is -1.55. The van der Waals surface area contributed by atoms with E-state index in [1.54, 1.807) is 6.92 Å². The second kappa shape index (κ2) is 4.99. The Morgan fingerprint density at radius 2 is 2.25 bits per heavy atom. The lowest BCUT2D eigenvalue weighted by Crippen LogP contribution is -2.30. The van der Waals surface area contributed by atoms with Crippen molar-refractivity contribution >= 4 is 6.09 Å². The van der Waals surface area contributed by atoms with Gasteiger partial charge < -0.3 is 4.74 Å². The van der Waals surface area contributed by atoms with Gasteiger partial charge >= 0.3 is 6.09 Å². The van der Waals surface area contributed by atoms with E-state index in [2.05, 4.69) is 0 Å². The summed E-state index contributed by atoms with van der Waals surface area (Å²) in [7, 11) is 0. The van der Waals surface area contributed by atoms with Crippen LogP contribution in [0.15, 0.2) is 30.3 Å². The summed E-state index contributed by atoms with van der Waals surface area (Å²) in [4.78, 5) is 16.9. The molecular weight excluding hydrogens is 206 g/mol. The summed E-state index contributed by atoms with van der Waals surface area (Å²) in [6.45, 7) is 2.70. The minimum Gasteiger partial charge on any atom is -0.448 e. The molecule has 0 aromatic heterocycles. The molecule has 1 aromatic carbocycles. The predicted molar refractivity (Wildman–Crippen MR) is 58.6 cm³/mol. The van der Waals surface area contributed by atoms with Gasteiger partial charge in [0.15, 0.2) is 0 Å². The Morgan fingerprint density at radius 3 is 2.94 bits per heavy atom. The van der Waals surface area contributed by atoms with Gasteiger partial charge in [-0.2, -0.15) is 5.06 Å². The molecule has 86 valence electrons. The summed E-state index contributed by atoms with van der Waals surface area (Å²) >= 11 is 0. The van der Waals surface area contributed by atoms with Crippen molar-refractivity contribution in [2.45, 2.75) is 19.4 Å². The Labute approximate surface area is 94.7 Å². The van der Waals surface area contributed by atoms with Crippen LogP contribution >= 0.6 is 0 Å². The van der Waals surface area contributed by atoms with E-state index in [4.69, 9.17) is 9.57 Å². The Balaban J connectivity index is 2.12. The van der Waals surface area contributed by atoms with Crippen LogP contribution in [0, 0.1) is 0 Å². The topological polar surface area (TPSA) is 38.8 Å². The molecule has 1 aliphatic rings. The fourth-order valence-corrected chi connectivity index (χ4v) is 1.81. The third-order valence-corrected chi connectivity index (χ3v) is 2.54. The first-order valence-corrected chi connectivity index (χ1v) is 5.46. The smallest absolute Gasteiger partial charge is 0.434 e. The fraction of sp³-hybridized carbons (Fsp3) is 0.417. The van der Waals surface area contributed by atoms with E-state index < -0.39 is 6.09 Å². The zero-order valence-corrected chi connectivity index (χ0v) is 9.26. The van der Waals surface area contributed by atoms with E-state index in [1.807, 2.05) is 30.3 Å². The zero-order valence-electron chi connectivity index (χ0n) is 9.26. The van der Waals surface area contributed by atoms with Gasteiger partial charge in [-0.1, -0.05) is 30.3 Å². The molecule has 4 heteroatoms. The molecule has 1 unspecified atom stereocenters. The molecule has 1 atom stereocenters. The molecule has 0 spiro atoms. The quantitative estimate of drug-likeness (QED) is 0.770. The van der Waals surface area contributed by atoms with Crippen LogP contribution in [0.5, 0.6) is 0 Å². The highest BCUT2D eigenvalue weighted by atomic mass is 16.7. The highest BCUT2D eigenvalue weighted by molar-refractivity contribution is 5.67. The minimum atomic E-state index is -0.408. The predicted octanol–water partition coefficient (Wildman–Crippen LogP) is 2.52.